The number of aromatic nitrogens is 2. The Morgan fingerprint density at radius 2 is 2.00 bits per heavy atom. The third-order valence-corrected chi connectivity index (χ3v) is 2.81. The molecule has 0 aliphatic carbocycles. The zero-order chi connectivity index (χ0) is 18.4. The molecular formula is C16H12F4N4O. The van der Waals surface area contributed by atoms with E-state index in [1.54, 1.807) is 17.4 Å². The summed E-state index contributed by atoms with van der Waals surface area (Å²) in [7, 11) is 0. The molecule has 0 aromatic carbocycles. The highest BCUT2D eigenvalue weighted by molar-refractivity contribution is 5.95. The fourth-order valence-corrected chi connectivity index (χ4v) is 1.74. The number of hydrogen-bond acceptors (Lipinski definition) is 4. The van der Waals surface area contributed by atoms with E-state index in [1.165, 1.54) is 6.20 Å². The molecule has 5 nitrogen and oxygen atoms in total. The van der Waals surface area contributed by atoms with Crippen molar-refractivity contribution < 1.29 is 22.4 Å². The number of alkyl halides is 3. The van der Waals surface area contributed by atoms with Crippen LogP contribution >= 0.6 is 0 Å². The van der Waals surface area contributed by atoms with E-state index in [2.05, 4.69) is 27.1 Å². The molecule has 2 heterocycles. The van der Waals surface area contributed by atoms with Crippen LogP contribution in [0.15, 0.2) is 30.5 Å². The van der Waals surface area contributed by atoms with Gasteiger partial charge in [-0.15, -0.1) is 0 Å². The van der Waals surface area contributed by atoms with Crippen LogP contribution in [0.2, 0.25) is 0 Å². The Balaban J connectivity index is 2.32. The first-order chi connectivity index (χ1) is 11.8. The van der Waals surface area contributed by atoms with Crippen LogP contribution in [0.5, 0.6) is 0 Å². The van der Waals surface area contributed by atoms with Crippen molar-refractivity contribution in [1.29, 1.82) is 0 Å². The summed E-state index contributed by atoms with van der Waals surface area (Å²) < 4.78 is 50.3. The summed E-state index contributed by atoms with van der Waals surface area (Å²) in [5.74, 6) is 2.54. The highest BCUT2D eigenvalue weighted by Gasteiger charge is 2.39. The van der Waals surface area contributed by atoms with E-state index in [1.807, 2.05) is 6.92 Å². The minimum absolute atomic E-state index is 0.320. The van der Waals surface area contributed by atoms with Gasteiger partial charge < -0.3 is 10.6 Å². The zero-order valence-corrected chi connectivity index (χ0v) is 12.9. The van der Waals surface area contributed by atoms with E-state index in [0.717, 1.165) is 12.1 Å². The molecule has 2 rings (SSSR count). The number of carbonyl (C=O) groups is 1. The number of nitrogens with one attached hydrogen (secondary N) is 2. The van der Waals surface area contributed by atoms with E-state index < -0.39 is 18.0 Å². The molecule has 0 fully saturated rings. The number of pyridine rings is 2. The van der Waals surface area contributed by atoms with E-state index in [-0.39, 0.29) is 11.4 Å². The van der Waals surface area contributed by atoms with Gasteiger partial charge in [-0.2, -0.15) is 17.6 Å². The minimum Gasteiger partial charge on any atom is -0.370 e. The highest BCUT2D eigenvalue weighted by atomic mass is 19.4. The smallest absolute Gasteiger partial charge is 0.370 e. The van der Waals surface area contributed by atoms with Gasteiger partial charge in [-0.25, -0.2) is 9.97 Å². The fraction of sp³-hybridized carbons (Fsp3) is 0.188. The molecule has 2 N–H and O–H groups in total. The van der Waals surface area contributed by atoms with E-state index in [0.29, 0.717) is 17.9 Å². The molecule has 0 aliphatic heterocycles. The van der Waals surface area contributed by atoms with Crippen LogP contribution in [0.4, 0.5) is 29.1 Å². The second kappa shape index (κ2) is 7.61. The third kappa shape index (κ3) is 5.17. The van der Waals surface area contributed by atoms with Crippen LogP contribution in [0, 0.1) is 17.8 Å². The molecule has 0 aliphatic rings. The quantitative estimate of drug-likeness (QED) is 0.506. The number of halogens is 4. The molecule has 0 atom stereocenters. The van der Waals surface area contributed by atoms with Gasteiger partial charge in [0.25, 0.3) is 0 Å². The molecule has 130 valence electrons. The van der Waals surface area contributed by atoms with Gasteiger partial charge in [0.15, 0.2) is 0 Å². The monoisotopic (exact) mass is 352 g/mol. The molecule has 0 saturated heterocycles. The SMILES string of the molecule is CCNc1cc(C#Cc2nc(F)ccc2NC(=O)C(F)(F)F)ccn1. The van der Waals surface area contributed by atoms with Crippen molar-refractivity contribution in [2.24, 2.45) is 0 Å². The first kappa shape index (κ1) is 18.2. The summed E-state index contributed by atoms with van der Waals surface area (Å²) >= 11 is 0. The van der Waals surface area contributed by atoms with Crippen LogP contribution in [0.3, 0.4) is 0 Å². The standard InChI is InChI=1S/C16H12F4N4O/c1-2-21-14-9-10(7-8-22-14)3-4-11-12(5-6-13(17)23-11)24-15(25)16(18,19)20/h5-9H,2H2,1H3,(H,21,22)(H,24,25). The maximum Gasteiger partial charge on any atom is 0.471 e. The van der Waals surface area contributed by atoms with Crippen molar-refractivity contribution in [3.05, 3.63) is 47.7 Å². The molecule has 0 spiro atoms. The Labute approximate surface area is 140 Å². The van der Waals surface area contributed by atoms with E-state index in [4.69, 9.17) is 0 Å². The lowest BCUT2D eigenvalue weighted by Crippen LogP contribution is -2.30. The summed E-state index contributed by atoms with van der Waals surface area (Å²) in [6.07, 6.45) is -3.59. The van der Waals surface area contributed by atoms with Crippen LogP contribution < -0.4 is 10.6 Å². The maximum atomic E-state index is 13.3. The van der Waals surface area contributed by atoms with E-state index in [9.17, 15) is 22.4 Å². The van der Waals surface area contributed by atoms with Crippen molar-refractivity contribution in [2.75, 3.05) is 17.2 Å². The predicted molar refractivity (Wildman–Crippen MR) is 83.3 cm³/mol. The molecule has 25 heavy (non-hydrogen) atoms. The summed E-state index contributed by atoms with van der Waals surface area (Å²) in [5.41, 5.74) is -0.165. The van der Waals surface area contributed by atoms with Crippen molar-refractivity contribution >= 4 is 17.4 Å². The molecular weight excluding hydrogens is 340 g/mol. The van der Waals surface area contributed by atoms with Crippen LogP contribution in [-0.4, -0.2) is 28.6 Å². The fourth-order valence-electron chi connectivity index (χ4n) is 1.74. The number of anilines is 2. The summed E-state index contributed by atoms with van der Waals surface area (Å²) in [6, 6.07) is 4.98. The molecule has 9 heteroatoms. The lowest BCUT2D eigenvalue weighted by molar-refractivity contribution is -0.167. The Bertz CT molecular complexity index is 840. The van der Waals surface area contributed by atoms with Gasteiger partial charge in [-0.1, -0.05) is 5.92 Å². The zero-order valence-electron chi connectivity index (χ0n) is 12.9. The first-order valence-electron chi connectivity index (χ1n) is 7.06. The number of nitrogens with zero attached hydrogens (tertiary/aromatic N) is 2. The summed E-state index contributed by atoms with van der Waals surface area (Å²) in [4.78, 5) is 18.5. The molecule has 2 aromatic heterocycles. The van der Waals surface area contributed by atoms with Gasteiger partial charge in [0.05, 0.1) is 5.69 Å². The number of hydrogen-bond donors (Lipinski definition) is 2. The molecule has 0 saturated carbocycles. The Morgan fingerprint density at radius 3 is 2.68 bits per heavy atom. The Hall–Kier alpha value is -3.15. The van der Waals surface area contributed by atoms with Gasteiger partial charge >= 0.3 is 12.1 Å². The van der Waals surface area contributed by atoms with Gasteiger partial charge in [0.2, 0.25) is 5.95 Å². The molecule has 1 amide bonds. The number of amides is 1. The van der Waals surface area contributed by atoms with Crippen LogP contribution in [0.1, 0.15) is 18.2 Å². The Kier molecular flexibility index (Phi) is 5.54. The van der Waals surface area contributed by atoms with Crippen LogP contribution in [-0.2, 0) is 4.79 Å². The molecule has 0 bridgehead atoms. The molecule has 2 aromatic rings. The van der Waals surface area contributed by atoms with Crippen molar-refractivity contribution in [3.8, 4) is 11.8 Å². The van der Waals surface area contributed by atoms with Gasteiger partial charge in [-0.05, 0) is 37.1 Å². The normalized spacial score (nSPS) is 10.6. The third-order valence-electron chi connectivity index (χ3n) is 2.81. The highest BCUT2D eigenvalue weighted by Crippen LogP contribution is 2.20. The molecule has 0 radical (unpaired) electrons. The lowest BCUT2D eigenvalue weighted by Gasteiger charge is -2.09. The first-order valence-corrected chi connectivity index (χ1v) is 7.06. The average molecular weight is 352 g/mol. The minimum atomic E-state index is -5.08. The maximum absolute atomic E-state index is 13.3. The van der Waals surface area contributed by atoms with Crippen molar-refractivity contribution in [2.45, 2.75) is 13.1 Å². The molecule has 0 unspecified atom stereocenters. The second-order valence-electron chi connectivity index (χ2n) is 4.69. The van der Waals surface area contributed by atoms with Gasteiger partial charge in [0, 0.05) is 18.3 Å². The summed E-state index contributed by atoms with van der Waals surface area (Å²) in [5, 5.41) is 4.60. The topological polar surface area (TPSA) is 66.9 Å². The van der Waals surface area contributed by atoms with Crippen molar-refractivity contribution in [1.82, 2.24) is 9.97 Å². The number of carbonyl (C=O) groups excluding carboxylic acids is 1. The largest absolute Gasteiger partial charge is 0.471 e. The van der Waals surface area contributed by atoms with Crippen molar-refractivity contribution in [3.63, 3.8) is 0 Å². The average Bonchev–Trinajstić information content (AvgIpc) is 2.55. The summed E-state index contributed by atoms with van der Waals surface area (Å²) in [6.45, 7) is 2.52. The lowest BCUT2D eigenvalue weighted by atomic mass is 10.2. The van der Waals surface area contributed by atoms with Crippen LogP contribution in [0.25, 0.3) is 0 Å². The Morgan fingerprint density at radius 1 is 1.24 bits per heavy atom. The number of rotatable bonds is 3. The van der Waals surface area contributed by atoms with E-state index >= 15 is 0 Å². The second-order valence-corrected chi connectivity index (χ2v) is 4.69. The van der Waals surface area contributed by atoms with Gasteiger partial charge in [0.1, 0.15) is 11.5 Å². The van der Waals surface area contributed by atoms with Gasteiger partial charge in [-0.3, -0.25) is 4.79 Å². The predicted octanol–water partition coefficient (Wildman–Crippen LogP) is 2.95.